The molecule has 24 heavy (non-hydrogen) atoms. The first kappa shape index (κ1) is 15.7. The number of carbonyl (C=O) groups excluding carboxylic acids is 1. The van der Waals surface area contributed by atoms with Crippen molar-refractivity contribution >= 4 is 23.0 Å². The topological polar surface area (TPSA) is 41.1 Å². The summed E-state index contributed by atoms with van der Waals surface area (Å²) in [6.45, 7) is 1.95. The number of halogens is 1. The predicted molar refractivity (Wildman–Crippen MR) is 95.3 cm³/mol. The molecule has 3 rings (SSSR count). The molecule has 0 aromatic heterocycles. The van der Waals surface area contributed by atoms with Crippen LogP contribution in [0.3, 0.4) is 0 Å². The van der Waals surface area contributed by atoms with Gasteiger partial charge in [0.2, 0.25) is 0 Å². The summed E-state index contributed by atoms with van der Waals surface area (Å²) < 4.78 is 12.9. The highest BCUT2D eigenvalue weighted by Gasteiger charge is 2.06. The first-order valence-electron chi connectivity index (χ1n) is 7.61. The van der Waals surface area contributed by atoms with Crippen molar-refractivity contribution in [2.75, 3.05) is 10.6 Å². The Balaban J connectivity index is 1.66. The number of hydrogen-bond acceptors (Lipinski definition) is 2. The van der Waals surface area contributed by atoms with E-state index >= 15 is 0 Å². The average molecular weight is 320 g/mol. The zero-order chi connectivity index (χ0) is 16.9. The lowest BCUT2D eigenvalue weighted by molar-refractivity contribution is 0.102. The van der Waals surface area contributed by atoms with Crippen LogP contribution in [0.25, 0.3) is 0 Å². The molecule has 120 valence electrons. The summed E-state index contributed by atoms with van der Waals surface area (Å²) in [7, 11) is 0. The number of aryl methyl sites for hydroxylation is 1. The molecule has 2 N–H and O–H groups in total. The fourth-order valence-electron chi connectivity index (χ4n) is 2.33. The smallest absolute Gasteiger partial charge is 0.255 e. The first-order valence-corrected chi connectivity index (χ1v) is 7.61. The molecule has 3 nitrogen and oxygen atoms in total. The standard InChI is InChI=1S/C20H17FN2O/c1-14-3-2-4-15(13-14)20(24)23-19-11-9-18(10-12-19)22-17-7-5-16(21)6-8-17/h2-13,22H,1H3,(H,23,24). The fourth-order valence-corrected chi connectivity index (χ4v) is 2.33. The quantitative estimate of drug-likeness (QED) is 0.699. The Kier molecular flexibility index (Phi) is 4.57. The average Bonchev–Trinajstić information content (AvgIpc) is 2.59. The van der Waals surface area contributed by atoms with Gasteiger partial charge in [0.1, 0.15) is 5.82 Å². The van der Waals surface area contributed by atoms with Gasteiger partial charge in [0.25, 0.3) is 5.91 Å². The van der Waals surface area contributed by atoms with Gasteiger partial charge in [-0.05, 0) is 67.6 Å². The van der Waals surface area contributed by atoms with Gasteiger partial charge < -0.3 is 10.6 Å². The van der Waals surface area contributed by atoms with Crippen LogP contribution in [0.2, 0.25) is 0 Å². The van der Waals surface area contributed by atoms with Crippen LogP contribution in [-0.4, -0.2) is 5.91 Å². The molecule has 0 heterocycles. The Bertz CT molecular complexity index is 842. The molecule has 0 unspecified atom stereocenters. The third kappa shape index (κ3) is 3.98. The molecule has 0 aliphatic carbocycles. The summed E-state index contributed by atoms with van der Waals surface area (Å²) in [6.07, 6.45) is 0. The molecule has 0 spiro atoms. The summed E-state index contributed by atoms with van der Waals surface area (Å²) in [5.74, 6) is -0.410. The molecule has 0 radical (unpaired) electrons. The Morgan fingerprint density at radius 3 is 2.04 bits per heavy atom. The van der Waals surface area contributed by atoms with Crippen molar-refractivity contribution in [3.63, 3.8) is 0 Å². The lowest BCUT2D eigenvalue weighted by Crippen LogP contribution is -2.11. The number of carbonyl (C=O) groups is 1. The van der Waals surface area contributed by atoms with E-state index in [4.69, 9.17) is 0 Å². The molecule has 4 heteroatoms. The van der Waals surface area contributed by atoms with E-state index in [1.807, 2.05) is 49.4 Å². The molecule has 0 fully saturated rings. The van der Waals surface area contributed by atoms with E-state index in [1.165, 1.54) is 12.1 Å². The van der Waals surface area contributed by atoms with Crippen LogP contribution < -0.4 is 10.6 Å². The van der Waals surface area contributed by atoms with E-state index in [2.05, 4.69) is 10.6 Å². The second-order valence-corrected chi connectivity index (χ2v) is 5.53. The number of amides is 1. The zero-order valence-corrected chi connectivity index (χ0v) is 13.2. The monoisotopic (exact) mass is 320 g/mol. The summed E-state index contributed by atoms with van der Waals surface area (Å²) >= 11 is 0. The number of anilines is 3. The van der Waals surface area contributed by atoms with E-state index in [9.17, 15) is 9.18 Å². The Hall–Kier alpha value is -3.14. The van der Waals surface area contributed by atoms with Gasteiger partial charge in [-0.25, -0.2) is 4.39 Å². The lowest BCUT2D eigenvalue weighted by Gasteiger charge is -2.09. The second-order valence-electron chi connectivity index (χ2n) is 5.53. The third-order valence-electron chi connectivity index (χ3n) is 3.56. The molecule has 0 atom stereocenters. The van der Waals surface area contributed by atoms with Crippen LogP contribution in [0.5, 0.6) is 0 Å². The van der Waals surface area contributed by atoms with Gasteiger partial charge in [0.15, 0.2) is 0 Å². The van der Waals surface area contributed by atoms with Crippen LogP contribution >= 0.6 is 0 Å². The predicted octanol–water partition coefficient (Wildman–Crippen LogP) is 5.13. The normalized spacial score (nSPS) is 10.2. The Morgan fingerprint density at radius 1 is 0.833 bits per heavy atom. The molecule has 0 aliphatic rings. The molecular formula is C20H17FN2O. The zero-order valence-electron chi connectivity index (χ0n) is 13.2. The van der Waals surface area contributed by atoms with Crippen LogP contribution in [0.1, 0.15) is 15.9 Å². The number of rotatable bonds is 4. The van der Waals surface area contributed by atoms with Crippen LogP contribution in [0.15, 0.2) is 72.8 Å². The van der Waals surface area contributed by atoms with Gasteiger partial charge in [0.05, 0.1) is 0 Å². The molecule has 0 saturated carbocycles. The Labute approximate surface area is 140 Å². The highest BCUT2D eigenvalue weighted by molar-refractivity contribution is 6.04. The first-order chi connectivity index (χ1) is 11.6. The molecule has 0 aliphatic heterocycles. The SMILES string of the molecule is Cc1cccc(C(=O)Nc2ccc(Nc3ccc(F)cc3)cc2)c1. The van der Waals surface area contributed by atoms with Gasteiger partial charge in [-0.1, -0.05) is 17.7 Å². The van der Waals surface area contributed by atoms with Crippen LogP contribution in [0, 0.1) is 12.7 Å². The third-order valence-corrected chi connectivity index (χ3v) is 3.56. The van der Waals surface area contributed by atoms with Crippen molar-refractivity contribution in [1.29, 1.82) is 0 Å². The highest BCUT2D eigenvalue weighted by Crippen LogP contribution is 2.19. The van der Waals surface area contributed by atoms with Gasteiger partial charge in [-0.2, -0.15) is 0 Å². The molecule has 1 amide bonds. The molecular weight excluding hydrogens is 303 g/mol. The van der Waals surface area contributed by atoms with Gasteiger partial charge in [0, 0.05) is 22.6 Å². The summed E-state index contributed by atoms with van der Waals surface area (Å²) in [5, 5.41) is 6.04. The van der Waals surface area contributed by atoms with Crippen molar-refractivity contribution in [2.45, 2.75) is 6.92 Å². The second kappa shape index (κ2) is 6.96. The van der Waals surface area contributed by atoms with E-state index in [0.29, 0.717) is 11.3 Å². The van der Waals surface area contributed by atoms with Gasteiger partial charge in [-0.3, -0.25) is 4.79 Å². The van der Waals surface area contributed by atoms with Crippen molar-refractivity contribution in [1.82, 2.24) is 0 Å². The number of benzene rings is 3. The van der Waals surface area contributed by atoms with Crippen molar-refractivity contribution in [3.05, 3.63) is 89.7 Å². The molecule has 3 aromatic carbocycles. The number of nitrogens with one attached hydrogen (secondary N) is 2. The summed E-state index contributed by atoms with van der Waals surface area (Å²) in [5.41, 5.74) is 4.04. The number of hydrogen-bond donors (Lipinski definition) is 2. The van der Waals surface area contributed by atoms with Crippen molar-refractivity contribution in [2.24, 2.45) is 0 Å². The fraction of sp³-hybridized carbons (Fsp3) is 0.0500. The van der Waals surface area contributed by atoms with Crippen LogP contribution in [0.4, 0.5) is 21.5 Å². The molecule has 0 saturated heterocycles. The van der Waals surface area contributed by atoms with E-state index in [0.717, 1.165) is 16.9 Å². The van der Waals surface area contributed by atoms with Crippen molar-refractivity contribution in [3.8, 4) is 0 Å². The van der Waals surface area contributed by atoms with E-state index in [-0.39, 0.29) is 11.7 Å². The molecule has 0 bridgehead atoms. The minimum atomic E-state index is -0.269. The summed E-state index contributed by atoms with van der Waals surface area (Å²) in [4.78, 5) is 12.2. The maximum atomic E-state index is 12.9. The highest BCUT2D eigenvalue weighted by atomic mass is 19.1. The van der Waals surface area contributed by atoms with Crippen LogP contribution in [-0.2, 0) is 0 Å². The Morgan fingerprint density at radius 2 is 1.42 bits per heavy atom. The van der Waals surface area contributed by atoms with Gasteiger partial charge >= 0.3 is 0 Å². The minimum Gasteiger partial charge on any atom is -0.356 e. The van der Waals surface area contributed by atoms with Crippen molar-refractivity contribution < 1.29 is 9.18 Å². The maximum absolute atomic E-state index is 12.9. The van der Waals surface area contributed by atoms with E-state index < -0.39 is 0 Å². The maximum Gasteiger partial charge on any atom is 0.255 e. The minimum absolute atomic E-state index is 0.141. The van der Waals surface area contributed by atoms with Gasteiger partial charge in [-0.15, -0.1) is 0 Å². The van der Waals surface area contributed by atoms with E-state index in [1.54, 1.807) is 18.2 Å². The lowest BCUT2D eigenvalue weighted by atomic mass is 10.1. The summed E-state index contributed by atoms with van der Waals surface area (Å²) in [6, 6.07) is 20.9. The molecule has 3 aromatic rings. The largest absolute Gasteiger partial charge is 0.356 e.